The number of aliphatic imine (C=N–C) groups is 1. The zero-order valence-electron chi connectivity index (χ0n) is 16.7. The van der Waals surface area contributed by atoms with Crippen molar-refractivity contribution < 1.29 is 4.79 Å². The van der Waals surface area contributed by atoms with E-state index in [1.54, 1.807) is 0 Å². The van der Waals surface area contributed by atoms with Gasteiger partial charge in [0.25, 0.3) is 0 Å². The summed E-state index contributed by atoms with van der Waals surface area (Å²) in [6, 6.07) is 18.8. The highest BCUT2D eigenvalue weighted by Crippen LogP contribution is 2.18. The largest absolute Gasteiger partial charge is 0.357 e. The van der Waals surface area contributed by atoms with Gasteiger partial charge >= 0.3 is 0 Å². The molecule has 0 radical (unpaired) electrons. The van der Waals surface area contributed by atoms with E-state index in [2.05, 4.69) is 58.1 Å². The molecule has 0 saturated carbocycles. The zero-order valence-corrected chi connectivity index (χ0v) is 16.7. The Morgan fingerprint density at radius 3 is 2.57 bits per heavy atom. The summed E-state index contributed by atoms with van der Waals surface area (Å²) in [5.74, 6) is 0.789. The lowest BCUT2D eigenvalue weighted by atomic mass is 10.00. The minimum absolute atomic E-state index is 0.0796. The summed E-state index contributed by atoms with van der Waals surface area (Å²) >= 11 is 0. The van der Waals surface area contributed by atoms with E-state index in [1.807, 2.05) is 24.0 Å². The molecule has 2 aromatic carbocycles. The van der Waals surface area contributed by atoms with Gasteiger partial charge in [0.2, 0.25) is 5.91 Å². The maximum atomic E-state index is 12.6. The smallest absolute Gasteiger partial charge is 0.244 e. The highest BCUT2D eigenvalue weighted by atomic mass is 16.2. The van der Waals surface area contributed by atoms with Crippen LogP contribution in [0.15, 0.2) is 59.6 Å². The molecule has 0 spiro atoms. The zero-order chi connectivity index (χ0) is 19.6. The summed E-state index contributed by atoms with van der Waals surface area (Å²) in [7, 11) is 0. The summed E-state index contributed by atoms with van der Waals surface area (Å²) in [6.07, 6.45) is 2.97. The average molecular weight is 379 g/mol. The third-order valence-electron chi connectivity index (χ3n) is 4.98. The Balaban J connectivity index is 1.46. The van der Waals surface area contributed by atoms with Crippen LogP contribution >= 0.6 is 0 Å². The first-order valence-electron chi connectivity index (χ1n) is 10.2. The summed E-state index contributed by atoms with van der Waals surface area (Å²) in [6.45, 7) is 5.26. The van der Waals surface area contributed by atoms with Crippen molar-refractivity contribution in [1.82, 2.24) is 15.5 Å². The Morgan fingerprint density at radius 2 is 1.79 bits per heavy atom. The van der Waals surface area contributed by atoms with E-state index in [9.17, 15) is 4.79 Å². The number of rotatable bonds is 7. The van der Waals surface area contributed by atoms with Crippen molar-refractivity contribution in [3.63, 3.8) is 0 Å². The number of guanidine groups is 1. The van der Waals surface area contributed by atoms with Gasteiger partial charge in [0.05, 0.1) is 0 Å². The molecule has 0 aromatic heterocycles. The number of hydrogen-bond donors (Lipinski definition) is 2. The van der Waals surface area contributed by atoms with Gasteiger partial charge in [-0.05, 0) is 42.9 Å². The quantitative estimate of drug-likeness (QED) is 0.443. The van der Waals surface area contributed by atoms with E-state index in [0.29, 0.717) is 12.5 Å². The fraction of sp³-hybridized carbons (Fsp3) is 0.391. The first-order chi connectivity index (χ1) is 13.8. The molecule has 3 rings (SSSR count). The molecule has 0 atom stereocenters. The van der Waals surface area contributed by atoms with E-state index in [4.69, 9.17) is 0 Å². The SMILES string of the molecule is CCNC(=NCC(=O)N1CCc2ccccc2C1)NCCCc1ccccc1. The van der Waals surface area contributed by atoms with Gasteiger partial charge in [-0.2, -0.15) is 0 Å². The molecule has 148 valence electrons. The van der Waals surface area contributed by atoms with Crippen LogP contribution in [0.4, 0.5) is 0 Å². The first kappa shape index (κ1) is 19.9. The van der Waals surface area contributed by atoms with E-state index >= 15 is 0 Å². The fourth-order valence-corrected chi connectivity index (χ4v) is 3.44. The molecule has 1 aliphatic heterocycles. The van der Waals surface area contributed by atoms with Gasteiger partial charge in [-0.25, -0.2) is 4.99 Å². The maximum Gasteiger partial charge on any atom is 0.244 e. The second-order valence-electron chi connectivity index (χ2n) is 7.05. The molecular weight excluding hydrogens is 348 g/mol. The molecule has 1 amide bonds. The molecule has 0 bridgehead atoms. The van der Waals surface area contributed by atoms with Crippen LogP contribution in [0.3, 0.4) is 0 Å². The van der Waals surface area contributed by atoms with Crippen molar-refractivity contribution in [2.75, 3.05) is 26.2 Å². The number of carbonyl (C=O) groups excluding carboxylic acids is 1. The van der Waals surface area contributed by atoms with E-state index < -0.39 is 0 Å². The third kappa shape index (κ3) is 5.84. The molecule has 1 aliphatic rings. The van der Waals surface area contributed by atoms with Crippen molar-refractivity contribution in [2.24, 2.45) is 4.99 Å². The lowest BCUT2D eigenvalue weighted by Crippen LogP contribution is -2.40. The Kier molecular flexibility index (Phi) is 7.47. The lowest BCUT2D eigenvalue weighted by Gasteiger charge is -2.28. The van der Waals surface area contributed by atoms with E-state index in [0.717, 1.165) is 38.9 Å². The second kappa shape index (κ2) is 10.5. The predicted octanol–water partition coefficient (Wildman–Crippen LogP) is 2.76. The van der Waals surface area contributed by atoms with Crippen LogP contribution in [0, 0.1) is 0 Å². The molecular formula is C23H30N4O. The Morgan fingerprint density at radius 1 is 1.04 bits per heavy atom. The molecule has 2 N–H and O–H groups in total. The molecule has 2 aromatic rings. The number of amides is 1. The van der Waals surface area contributed by atoms with E-state index in [-0.39, 0.29) is 12.5 Å². The number of fused-ring (bicyclic) bond motifs is 1. The molecule has 0 saturated heterocycles. The molecule has 1 heterocycles. The Hall–Kier alpha value is -2.82. The van der Waals surface area contributed by atoms with Crippen LogP contribution in [0.1, 0.15) is 30.0 Å². The normalized spacial score (nSPS) is 13.8. The molecule has 0 unspecified atom stereocenters. The fourth-order valence-electron chi connectivity index (χ4n) is 3.44. The molecule has 28 heavy (non-hydrogen) atoms. The molecule has 0 fully saturated rings. The van der Waals surface area contributed by atoms with Gasteiger partial charge in [-0.3, -0.25) is 4.79 Å². The van der Waals surface area contributed by atoms with Crippen molar-refractivity contribution in [3.05, 3.63) is 71.3 Å². The number of nitrogens with zero attached hydrogens (tertiary/aromatic N) is 2. The van der Waals surface area contributed by atoms with Crippen LogP contribution in [-0.4, -0.2) is 42.9 Å². The van der Waals surface area contributed by atoms with Crippen molar-refractivity contribution in [1.29, 1.82) is 0 Å². The van der Waals surface area contributed by atoms with Crippen molar-refractivity contribution in [3.8, 4) is 0 Å². The average Bonchev–Trinajstić information content (AvgIpc) is 2.75. The van der Waals surface area contributed by atoms with Gasteiger partial charge in [-0.1, -0.05) is 54.6 Å². The van der Waals surface area contributed by atoms with Crippen molar-refractivity contribution >= 4 is 11.9 Å². The first-order valence-corrected chi connectivity index (χ1v) is 10.2. The highest BCUT2D eigenvalue weighted by molar-refractivity contribution is 5.85. The van der Waals surface area contributed by atoms with Crippen molar-refractivity contribution in [2.45, 2.75) is 32.7 Å². The van der Waals surface area contributed by atoms with E-state index in [1.165, 1.54) is 16.7 Å². The van der Waals surface area contributed by atoms with Crippen LogP contribution in [0.2, 0.25) is 0 Å². The predicted molar refractivity (Wildman–Crippen MR) is 114 cm³/mol. The standard InChI is InChI=1S/C23H30N4O/c1-2-24-23(25-15-8-11-19-9-4-3-5-10-19)26-17-22(28)27-16-14-20-12-6-7-13-21(20)18-27/h3-7,9-10,12-13H,2,8,11,14-18H2,1H3,(H2,24,25,26). The topological polar surface area (TPSA) is 56.7 Å². The summed E-state index contributed by atoms with van der Waals surface area (Å²) in [4.78, 5) is 19.0. The third-order valence-corrected chi connectivity index (χ3v) is 4.98. The number of benzene rings is 2. The maximum absolute atomic E-state index is 12.6. The minimum Gasteiger partial charge on any atom is -0.357 e. The second-order valence-corrected chi connectivity index (χ2v) is 7.05. The van der Waals surface area contributed by atoms with Crippen LogP contribution in [0.5, 0.6) is 0 Å². The van der Waals surface area contributed by atoms with Gasteiger partial charge in [0.15, 0.2) is 5.96 Å². The Bertz CT molecular complexity index is 788. The highest BCUT2D eigenvalue weighted by Gasteiger charge is 2.19. The summed E-state index contributed by atoms with van der Waals surface area (Å²) in [5, 5.41) is 6.56. The summed E-state index contributed by atoms with van der Waals surface area (Å²) < 4.78 is 0. The van der Waals surface area contributed by atoms with Crippen LogP contribution in [-0.2, 0) is 24.2 Å². The number of carbonyl (C=O) groups is 1. The number of nitrogens with one attached hydrogen (secondary N) is 2. The lowest BCUT2D eigenvalue weighted by molar-refractivity contribution is -0.130. The van der Waals surface area contributed by atoms with Crippen LogP contribution < -0.4 is 10.6 Å². The van der Waals surface area contributed by atoms with Gasteiger partial charge < -0.3 is 15.5 Å². The Labute approximate surface area is 167 Å². The monoisotopic (exact) mass is 378 g/mol. The molecule has 5 nitrogen and oxygen atoms in total. The van der Waals surface area contributed by atoms with Gasteiger partial charge in [-0.15, -0.1) is 0 Å². The molecule has 5 heteroatoms. The molecule has 0 aliphatic carbocycles. The number of hydrogen-bond acceptors (Lipinski definition) is 2. The van der Waals surface area contributed by atoms with Gasteiger partial charge in [0.1, 0.15) is 6.54 Å². The minimum atomic E-state index is 0.0796. The van der Waals surface area contributed by atoms with Crippen LogP contribution in [0.25, 0.3) is 0 Å². The number of aryl methyl sites for hydroxylation is 1. The van der Waals surface area contributed by atoms with Gasteiger partial charge in [0, 0.05) is 26.2 Å². The summed E-state index contributed by atoms with van der Waals surface area (Å²) in [5.41, 5.74) is 3.94.